The topological polar surface area (TPSA) is 40.0 Å². The third-order valence-electron chi connectivity index (χ3n) is 5.69. The molecular weight excluding hydrogens is 463 g/mol. The second-order valence-electron chi connectivity index (χ2n) is 7.97. The monoisotopic (exact) mass is 484 g/mol. The summed E-state index contributed by atoms with van der Waals surface area (Å²) in [6.07, 6.45) is 2.61. The van der Waals surface area contributed by atoms with Crippen LogP contribution in [0.3, 0.4) is 0 Å². The van der Waals surface area contributed by atoms with Gasteiger partial charge in [-0.2, -0.15) is 10.2 Å². The molecular formula is C28H22Cl2N4. The SMILES string of the molecule is Clc1ccc(N/N=C/c2ccc(N3N=C(c4ccccc4)CC3c3ccccc3)cc2)c(Cl)c1. The molecule has 1 unspecified atom stereocenters. The predicted molar refractivity (Wildman–Crippen MR) is 143 cm³/mol. The fourth-order valence-electron chi connectivity index (χ4n) is 3.96. The number of halogens is 2. The van der Waals surface area contributed by atoms with E-state index in [4.69, 9.17) is 28.3 Å². The Kier molecular flexibility index (Phi) is 6.61. The minimum absolute atomic E-state index is 0.143. The van der Waals surface area contributed by atoms with Crippen LogP contribution in [-0.2, 0) is 0 Å². The number of nitrogens with zero attached hydrogens (tertiary/aromatic N) is 3. The van der Waals surface area contributed by atoms with Crippen molar-refractivity contribution in [2.45, 2.75) is 12.5 Å². The summed E-state index contributed by atoms with van der Waals surface area (Å²) in [5, 5.41) is 12.5. The molecule has 6 heteroatoms. The van der Waals surface area contributed by atoms with Gasteiger partial charge in [0.15, 0.2) is 0 Å². The normalized spacial score (nSPS) is 15.5. The Bertz CT molecular complexity index is 1320. The summed E-state index contributed by atoms with van der Waals surface area (Å²) in [5.41, 5.74) is 9.14. The molecule has 0 radical (unpaired) electrons. The van der Waals surface area contributed by atoms with Gasteiger partial charge < -0.3 is 0 Å². The van der Waals surface area contributed by atoms with Gasteiger partial charge in [0, 0.05) is 11.4 Å². The first-order chi connectivity index (χ1) is 16.7. The Hall–Kier alpha value is -3.60. The fourth-order valence-corrected chi connectivity index (χ4v) is 4.41. The van der Waals surface area contributed by atoms with Gasteiger partial charge in [0.2, 0.25) is 0 Å². The van der Waals surface area contributed by atoms with Crippen molar-refractivity contribution >= 4 is 46.5 Å². The lowest BCUT2D eigenvalue weighted by atomic mass is 9.98. The first kappa shape index (κ1) is 22.2. The predicted octanol–water partition coefficient (Wildman–Crippen LogP) is 7.80. The highest BCUT2D eigenvalue weighted by Gasteiger charge is 2.29. The molecule has 34 heavy (non-hydrogen) atoms. The summed E-state index contributed by atoms with van der Waals surface area (Å²) in [5.74, 6) is 0. The van der Waals surface area contributed by atoms with Crippen molar-refractivity contribution in [3.05, 3.63) is 130 Å². The van der Waals surface area contributed by atoms with E-state index in [0.717, 1.165) is 28.9 Å². The molecule has 4 aromatic carbocycles. The van der Waals surface area contributed by atoms with E-state index < -0.39 is 0 Å². The van der Waals surface area contributed by atoms with E-state index >= 15 is 0 Å². The molecule has 5 rings (SSSR count). The van der Waals surface area contributed by atoms with Crippen LogP contribution in [0, 0.1) is 0 Å². The molecule has 0 fully saturated rings. The molecule has 1 heterocycles. The van der Waals surface area contributed by atoms with Gasteiger partial charge >= 0.3 is 0 Å². The number of nitrogens with one attached hydrogen (secondary N) is 1. The van der Waals surface area contributed by atoms with Gasteiger partial charge in [0.05, 0.1) is 34.4 Å². The molecule has 0 bridgehead atoms. The van der Waals surface area contributed by atoms with Gasteiger partial charge in [0.1, 0.15) is 0 Å². The van der Waals surface area contributed by atoms with Crippen LogP contribution in [0.2, 0.25) is 10.0 Å². The highest BCUT2D eigenvalue weighted by molar-refractivity contribution is 6.36. The zero-order valence-electron chi connectivity index (χ0n) is 18.3. The molecule has 1 aliphatic heterocycles. The van der Waals surface area contributed by atoms with E-state index in [1.165, 1.54) is 5.56 Å². The van der Waals surface area contributed by atoms with Crippen molar-refractivity contribution in [1.29, 1.82) is 0 Å². The Morgan fingerprint density at radius 3 is 2.26 bits per heavy atom. The highest BCUT2D eigenvalue weighted by atomic mass is 35.5. The number of benzene rings is 4. The van der Waals surface area contributed by atoms with Gasteiger partial charge in [-0.3, -0.25) is 10.4 Å². The summed E-state index contributed by atoms with van der Waals surface area (Å²) in [4.78, 5) is 0. The van der Waals surface area contributed by atoms with Crippen molar-refractivity contribution in [2.75, 3.05) is 10.4 Å². The van der Waals surface area contributed by atoms with E-state index in [1.54, 1.807) is 24.4 Å². The zero-order chi connectivity index (χ0) is 23.3. The van der Waals surface area contributed by atoms with Gasteiger partial charge in [-0.05, 0) is 47.0 Å². The van der Waals surface area contributed by atoms with Crippen molar-refractivity contribution in [3.63, 3.8) is 0 Å². The molecule has 0 aromatic heterocycles. The molecule has 0 spiro atoms. The van der Waals surface area contributed by atoms with Crippen LogP contribution in [0.25, 0.3) is 0 Å². The Morgan fingerprint density at radius 1 is 0.853 bits per heavy atom. The van der Waals surface area contributed by atoms with Crippen molar-refractivity contribution < 1.29 is 0 Å². The maximum atomic E-state index is 6.19. The molecule has 0 saturated heterocycles. The highest BCUT2D eigenvalue weighted by Crippen LogP contribution is 2.36. The zero-order valence-corrected chi connectivity index (χ0v) is 19.8. The smallest absolute Gasteiger partial charge is 0.0831 e. The minimum atomic E-state index is 0.143. The largest absolute Gasteiger partial charge is 0.277 e. The van der Waals surface area contributed by atoms with Crippen LogP contribution in [0.4, 0.5) is 11.4 Å². The summed E-state index contributed by atoms with van der Waals surface area (Å²) in [6.45, 7) is 0. The second-order valence-corrected chi connectivity index (χ2v) is 8.82. The minimum Gasteiger partial charge on any atom is -0.277 e. The molecule has 4 aromatic rings. The quantitative estimate of drug-likeness (QED) is 0.224. The third kappa shape index (κ3) is 4.98. The maximum Gasteiger partial charge on any atom is 0.0831 e. The van der Waals surface area contributed by atoms with Crippen LogP contribution in [0.1, 0.15) is 29.2 Å². The van der Waals surface area contributed by atoms with Gasteiger partial charge in [-0.1, -0.05) is 96.0 Å². The average Bonchev–Trinajstić information content (AvgIpc) is 3.32. The van der Waals surface area contributed by atoms with Crippen molar-refractivity contribution in [2.24, 2.45) is 10.2 Å². The number of hydrogen-bond donors (Lipinski definition) is 1. The van der Waals surface area contributed by atoms with E-state index in [9.17, 15) is 0 Å². The summed E-state index contributed by atoms with van der Waals surface area (Å²) >= 11 is 12.1. The third-order valence-corrected chi connectivity index (χ3v) is 6.24. The van der Waals surface area contributed by atoms with Crippen LogP contribution in [-0.4, -0.2) is 11.9 Å². The van der Waals surface area contributed by atoms with Gasteiger partial charge in [0.25, 0.3) is 0 Å². The Balaban J connectivity index is 1.37. The fraction of sp³-hybridized carbons (Fsp3) is 0.0714. The Morgan fingerprint density at radius 2 is 1.56 bits per heavy atom. The first-order valence-corrected chi connectivity index (χ1v) is 11.7. The summed E-state index contributed by atoms with van der Waals surface area (Å²) < 4.78 is 0. The average molecular weight is 485 g/mol. The molecule has 168 valence electrons. The van der Waals surface area contributed by atoms with Crippen molar-refractivity contribution in [3.8, 4) is 0 Å². The lowest BCUT2D eigenvalue weighted by Crippen LogP contribution is -2.18. The lowest BCUT2D eigenvalue weighted by Gasteiger charge is -2.24. The second kappa shape index (κ2) is 10.1. The molecule has 0 aliphatic carbocycles. The molecule has 1 aliphatic rings. The molecule has 4 nitrogen and oxygen atoms in total. The van der Waals surface area contributed by atoms with Crippen LogP contribution in [0.5, 0.6) is 0 Å². The van der Waals surface area contributed by atoms with Gasteiger partial charge in [-0.25, -0.2) is 0 Å². The summed E-state index contributed by atoms with van der Waals surface area (Å²) in [7, 11) is 0. The number of hydrogen-bond acceptors (Lipinski definition) is 4. The molecule has 0 amide bonds. The van der Waals surface area contributed by atoms with E-state index in [0.29, 0.717) is 15.7 Å². The van der Waals surface area contributed by atoms with Crippen LogP contribution >= 0.6 is 23.2 Å². The standard InChI is InChI=1S/C28H22Cl2N4/c29-23-13-16-26(25(30)17-23)32-31-19-20-11-14-24(15-12-20)34-28(22-9-5-2-6-10-22)18-27(33-34)21-7-3-1-4-8-21/h1-17,19,28,32H,18H2/b31-19+. The van der Waals surface area contributed by atoms with E-state index in [2.05, 4.69) is 76.2 Å². The molecule has 0 saturated carbocycles. The molecule has 1 N–H and O–H groups in total. The number of rotatable bonds is 6. The first-order valence-electron chi connectivity index (χ1n) is 11.0. The van der Waals surface area contributed by atoms with Crippen LogP contribution < -0.4 is 10.4 Å². The number of hydrazone groups is 2. The molecule has 1 atom stereocenters. The lowest BCUT2D eigenvalue weighted by molar-refractivity contribution is 0.709. The van der Waals surface area contributed by atoms with Gasteiger partial charge in [-0.15, -0.1) is 0 Å². The van der Waals surface area contributed by atoms with Crippen LogP contribution in [0.15, 0.2) is 113 Å². The summed E-state index contributed by atoms with van der Waals surface area (Å²) in [6, 6.07) is 34.5. The van der Waals surface area contributed by atoms with Crippen molar-refractivity contribution in [1.82, 2.24) is 0 Å². The van der Waals surface area contributed by atoms with E-state index in [1.807, 2.05) is 24.3 Å². The number of anilines is 2. The van der Waals surface area contributed by atoms with E-state index in [-0.39, 0.29) is 6.04 Å². The Labute approximate surface area is 209 Å². The maximum absolute atomic E-state index is 6.19.